The minimum absolute atomic E-state index is 0.356. The molecule has 0 aliphatic carbocycles. The van der Waals surface area contributed by atoms with E-state index in [1.807, 2.05) is 42.5 Å². The average molecular weight is 416 g/mol. The molecule has 0 unspecified atom stereocenters. The molecule has 27 heavy (non-hydrogen) atoms. The zero-order valence-electron chi connectivity index (χ0n) is 14.8. The van der Waals surface area contributed by atoms with Gasteiger partial charge in [0.15, 0.2) is 0 Å². The molecule has 0 bridgehead atoms. The Balaban J connectivity index is 1.60. The number of thiocarbonyl (C=S) groups is 1. The van der Waals surface area contributed by atoms with Crippen LogP contribution in [0.25, 0.3) is 0 Å². The van der Waals surface area contributed by atoms with Crippen molar-refractivity contribution in [3.63, 3.8) is 0 Å². The van der Waals surface area contributed by atoms with E-state index in [0.29, 0.717) is 33.9 Å². The van der Waals surface area contributed by atoms with Gasteiger partial charge in [0.2, 0.25) is 0 Å². The van der Waals surface area contributed by atoms with Gasteiger partial charge in [-0.1, -0.05) is 83.4 Å². The molecule has 0 aliphatic heterocycles. The van der Waals surface area contributed by atoms with Gasteiger partial charge in [-0.25, -0.2) is 0 Å². The van der Waals surface area contributed by atoms with Crippen molar-refractivity contribution in [3.8, 4) is 5.75 Å². The van der Waals surface area contributed by atoms with Crippen LogP contribution in [-0.2, 0) is 13.2 Å². The molecule has 0 atom stereocenters. The molecule has 3 aromatic rings. The first-order valence-corrected chi connectivity index (χ1v) is 9.69. The van der Waals surface area contributed by atoms with Crippen molar-refractivity contribution in [1.29, 1.82) is 0 Å². The number of rotatable bonds is 6. The molecule has 0 fully saturated rings. The number of aryl methyl sites for hydroxylation is 1. The number of benzene rings is 3. The van der Waals surface area contributed by atoms with Gasteiger partial charge in [-0.15, -0.1) is 0 Å². The van der Waals surface area contributed by atoms with E-state index in [1.165, 1.54) is 11.1 Å². The summed E-state index contributed by atoms with van der Waals surface area (Å²) in [4.78, 5) is 0.648. The SMILES string of the molecule is Cc1ccc(CNC(=S)c2ccc(OCc3ccccc3Cl)c(Cl)c2)cc1. The average Bonchev–Trinajstić information content (AvgIpc) is 2.67. The molecule has 0 radical (unpaired) electrons. The molecule has 3 rings (SSSR count). The number of ether oxygens (including phenoxy) is 1. The predicted molar refractivity (Wildman–Crippen MR) is 117 cm³/mol. The summed E-state index contributed by atoms with van der Waals surface area (Å²) in [7, 11) is 0. The third-order valence-corrected chi connectivity index (χ3v) is 5.15. The summed E-state index contributed by atoms with van der Waals surface area (Å²) in [5.74, 6) is 0.599. The highest BCUT2D eigenvalue weighted by Gasteiger charge is 2.08. The molecule has 1 N–H and O–H groups in total. The van der Waals surface area contributed by atoms with E-state index in [-0.39, 0.29) is 0 Å². The van der Waals surface area contributed by atoms with Crippen molar-refractivity contribution in [3.05, 3.63) is 99.0 Å². The minimum atomic E-state index is 0.356. The Morgan fingerprint density at radius 3 is 2.41 bits per heavy atom. The monoisotopic (exact) mass is 415 g/mol. The van der Waals surface area contributed by atoms with Crippen molar-refractivity contribution in [2.24, 2.45) is 0 Å². The number of nitrogens with one attached hydrogen (secondary N) is 1. The third kappa shape index (κ3) is 5.46. The lowest BCUT2D eigenvalue weighted by Gasteiger charge is -2.12. The maximum Gasteiger partial charge on any atom is 0.138 e. The van der Waals surface area contributed by atoms with E-state index in [1.54, 1.807) is 0 Å². The van der Waals surface area contributed by atoms with Gasteiger partial charge in [0.25, 0.3) is 0 Å². The molecule has 0 aliphatic rings. The Morgan fingerprint density at radius 2 is 1.70 bits per heavy atom. The van der Waals surface area contributed by atoms with Crippen LogP contribution in [-0.4, -0.2) is 4.99 Å². The molecule has 0 aromatic heterocycles. The minimum Gasteiger partial charge on any atom is -0.487 e. The van der Waals surface area contributed by atoms with Gasteiger partial charge >= 0.3 is 0 Å². The first-order valence-electron chi connectivity index (χ1n) is 8.52. The molecule has 0 spiro atoms. The molecule has 0 saturated heterocycles. The zero-order chi connectivity index (χ0) is 19.2. The van der Waals surface area contributed by atoms with E-state index in [4.69, 9.17) is 40.2 Å². The lowest BCUT2D eigenvalue weighted by Crippen LogP contribution is -2.21. The Hall–Kier alpha value is -2.07. The molecular weight excluding hydrogens is 397 g/mol. The molecule has 0 amide bonds. The van der Waals surface area contributed by atoms with E-state index in [2.05, 4.69) is 36.5 Å². The fourth-order valence-corrected chi connectivity index (χ4v) is 3.14. The van der Waals surface area contributed by atoms with Crippen LogP contribution < -0.4 is 10.1 Å². The van der Waals surface area contributed by atoms with Crippen LogP contribution in [0.5, 0.6) is 5.75 Å². The second kappa shape index (κ2) is 9.23. The van der Waals surface area contributed by atoms with Gasteiger partial charge in [0, 0.05) is 22.7 Å². The van der Waals surface area contributed by atoms with Crippen molar-refractivity contribution < 1.29 is 4.74 Å². The molecule has 5 heteroatoms. The van der Waals surface area contributed by atoms with Crippen LogP contribution in [0.3, 0.4) is 0 Å². The summed E-state index contributed by atoms with van der Waals surface area (Å²) in [6.45, 7) is 3.09. The third-order valence-electron chi connectivity index (χ3n) is 4.11. The maximum atomic E-state index is 6.37. The number of hydrogen-bond acceptors (Lipinski definition) is 2. The molecule has 0 saturated carbocycles. The highest BCUT2D eigenvalue weighted by Crippen LogP contribution is 2.27. The predicted octanol–water partition coefficient (Wildman–Crippen LogP) is 6.35. The van der Waals surface area contributed by atoms with Crippen molar-refractivity contribution in [2.75, 3.05) is 0 Å². The van der Waals surface area contributed by atoms with Crippen LogP contribution in [0.15, 0.2) is 66.7 Å². The van der Waals surface area contributed by atoms with Gasteiger partial charge in [0.05, 0.1) is 5.02 Å². The standard InChI is InChI=1S/C22H19Cl2NOS/c1-15-6-8-16(9-7-15)13-25-22(27)17-10-11-21(20(24)12-17)26-14-18-4-2-3-5-19(18)23/h2-12H,13-14H2,1H3,(H,25,27). The van der Waals surface area contributed by atoms with Gasteiger partial charge in [0.1, 0.15) is 17.3 Å². The Kier molecular flexibility index (Phi) is 6.73. The fraction of sp³-hybridized carbons (Fsp3) is 0.136. The van der Waals surface area contributed by atoms with E-state index in [9.17, 15) is 0 Å². The van der Waals surface area contributed by atoms with Crippen LogP contribution in [0.4, 0.5) is 0 Å². The topological polar surface area (TPSA) is 21.3 Å². The summed E-state index contributed by atoms with van der Waals surface area (Å²) in [6, 6.07) is 21.5. The summed E-state index contributed by atoms with van der Waals surface area (Å²) < 4.78 is 5.80. The van der Waals surface area contributed by atoms with Gasteiger partial charge in [-0.05, 0) is 36.8 Å². The Bertz CT molecular complexity index is 941. The Labute approximate surface area is 175 Å². The zero-order valence-corrected chi connectivity index (χ0v) is 17.2. The van der Waals surface area contributed by atoms with E-state index >= 15 is 0 Å². The molecular formula is C22H19Cl2NOS. The van der Waals surface area contributed by atoms with Gasteiger partial charge < -0.3 is 10.1 Å². The number of hydrogen-bond donors (Lipinski definition) is 1. The van der Waals surface area contributed by atoms with Crippen molar-refractivity contribution >= 4 is 40.4 Å². The molecule has 3 aromatic carbocycles. The van der Waals surface area contributed by atoms with Crippen LogP contribution in [0.1, 0.15) is 22.3 Å². The summed E-state index contributed by atoms with van der Waals surface area (Å²) in [6.07, 6.45) is 0. The van der Waals surface area contributed by atoms with Crippen molar-refractivity contribution in [1.82, 2.24) is 5.32 Å². The number of halogens is 2. The summed E-state index contributed by atoms with van der Waals surface area (Å²) >= 11 is 18.0. The van der Waals surface area contributed by atoms with Crippen molar-refractivity contribution in [2.45, 2.75) is 20.1 Å². The lowest BCUT2D eigenvalue weighted by molar-refractivity contribution is 0.306. The molecule has 2 nitrogen and oxygen atoms in total. The normalized spacial score (nSPS) is 10.5. The Morgan fingerprint density at radius 1 is 0.963 bits per heavy atom. The summed E-state index contributed by atoms with van der Waals surface area (Å²) in [5.41, 5.74) is 4.18. The fourth-order valence-electron chi connectivity index (χ4n) is 2.52. The summed E-state index contributed by atoms with van der Waals surface area (Å²) in [5, 5.41) is 4.45. The maximum absolute atomic E-state index is 6.37. The second-order valence-corrected chi connectivity index (χ2v) is 7.42. The van der Waals surface area contributed by atoms with Gasteiger partial charge in [-0.3, -0.25) is 0 Å². The first kappa shape index (κ1) is 19.7. The highest BCUT2D eigenvalue weighted by molar-refractivity contribution is 7.80. The molecule has 0 heterocycles. The first-order chi connectivity index (χ1) is 13.0. The van der Waals surface area contributed by atoms with E-state index < -0.39 is 0 Å². The second-order valence-electron chi connectivity index (χ2n) is 6.19. The molecule has 138 valence electrons. The van der Waals surface area contributed by atoms with Crippen LogP contribution in [0, 0.1) is 6.92 Å². The highest BCUT2D eigenvalue weighted by atomic mass is 35.5. The largest absolute Gasteiger partial charge is 0.487 e. The smallest absolute Gasteiger partial charge is 0.138 e. The quantitative estimate of drug-likeness (QED) is 0.474. The van der Waals surface area contributed by atoms with Gasteiger partial charge in [-0.2, -0.15) is 0 Å². The van der Waals surface area contributed by atoms with Crippen LogP contribution in [0.2, 0.25) is 10.0 Å². The van der Waals surface area contributed by atoms with Crippen LogP contribution >= 0.6 is 35.4 Å². The van der Waals surface area contributed by atoms with E-state index in [0.717, 1.165) is 11.1 Å². The lowest BCUT2D eigenvalue weighted by atomic mass is 10.1.